The number of anilines is 1. The lowest BCUT2D eigenvalue weighted by atomic mass is 9.82. The highest BCUT2D eigenvalue weighted by molar-refractivity contribution is 6.32. The van der Waals surface area contributed by atoms with Gasteiger partial charge in [0.25, 0.3) is 17.4 Å². The SMILES string of the molecule is COc1cc(Cl)cc(C(O)(C(=O)N2CCC(CC3CCN(c4ccc(C(=O)N(C)C)c(Cl)n4)CC3)CC2)C(F)(F)F)c1. The number of halogens is 5. The zero-order valence-corrected chi connectivity index (χ0v) is 25.3. The van der Waals surface area contributed by atoms with Gasteiger partial charge in [-0.15, -0.1) is 0 Å². The minimum atomic E-state index is -5.26. The molecule has 1 unspecified atom stereocenters. The van der Waals surface area contributed by atoms with Crippen molar-refractivity contribution in [1.82, 2.24) is 14.8 Å². The van der Waals surface area contributed by atoms with E-state index < -0.39 is 23.2 Å². The van der Waals surface area contributed by atoms with Crippen LogP contribution in [0.2, 0.25) is 10.2 Å². The topological polar surface area (TPSA) is 86.2 Å². The van der Waals surface area contributed by atoms with Crippen LogP contribution in [0.25, 0.3) is 0 Å². The number of hydrogen-bond acceptors (Lipinski definition) is 6. The molecule has 8 nitrogen and oxygen atoms in total. The van der Waals surface area contributed by atoms with Crippen LogP contribution in [-0.2, 0) is 10.4 Å². The van der Waals surface area contributed by atoms with Crippen LogP contribution in [-0.4, -0.2) is 85.3 Å². The second-order valence-electron chi connectivity index (χ2n) is 11.2. The number of alkyl halides is 3. The van der Waals surface area contributed by atoms with E-state index >= 15 is 0 Å². The summed E-state index contributed by atoms with van der Waals surface area (Å²) in [5.41, 5.74) is -4.06. The highest BCUT2D eigenvalue weighted by Gasteiger charge is 2.62. The average Bonchev–Trinajstić information content (AvgIpc) is 2.95. The van der Waals surface area contributed by atoms with Crippen molar-refractivity contribution in [2.45, 2.75) is 43.9 Å². The molecule has 0 bridgehead atoms. The molecule has 3 heterocycles. The van der Waals surface area contributed by atoms with Crippen molar-refractivity contribution in [1.29, 1.82) is 0 Å². The van der Waals surface area contributed by atoms with Crippen molar-refractivity contribution in [2.24, 2.45) is 11.8 Å². The molecule has 2 amide bonds. The number of piperidine rings is 2. The Morgan fingerprint density at radius 2 is 1.62 bits per heavy atom. The first-order valence-corrected chi connectivity index (χ1v) is 14.6. The first-order chi connectivity index (χ1) is 19.7. The van der Waals surface area contributed by atoms with E-state index in [1.165, 1.54) is 18.1 Å². The van der Waals surface area contributed by atoms with E-state index in [9.17, 15) is 27.9 Å². The van der Waals surface area contributed by atoms with Gasteiger partial charge in [0.1, 0.15) is 16.7 Å². The van der Waals surface area contributed by atoms with Gasteiger partial charge < -0.3 is 24.5 Å². The zero-order valence-electron chi connectivity index (χ0n) is 23.8. The number of pyridine rings is 1. The summed E-state index contributed by atoms with van der Waals surface area (Å²) in [5.74, 6) is -0.193. The van der Waals surface area contributed by atoms with Crippen LogP contribution < -0.4 is 9.64 Å². The quantitative estimate of drug-likeness (QED) is 0.413. The molecule has 0 aliphatic carbocycles. The van der Waals surface area contributed by atoms with Gasteiger partial charge in [0.05, 0.1) is 12.7 Å². The van der Waals surface area contributed by atoms with Crippen LogP contribution in [0.5, 0.6) is 5.75 Å². The number of aromatic nitrogens is 1. The molecule has 4 rings (SSSR count). The first kappa shape index (κ1) is 32.2. The summed E-state index contributed by atoms with van der Waals surface area (Å²) >= 11 is 12.2. The highest BCUT2D eigenvalue weighted by Crippen LogP contribution is 2.43. The van der Waals surface area contributed by atoms with Gasteiger partial charge in [-0.25, -0.2) is 4.98 Å². The lowest BCUT2D eigenvalue weighted by molar-refractivity contribution is -0.262. The number of hydrogen-bond donors (Lipinski definition) is 1. The molecule has 0 saturated carbocycles. The Kier molecular flexibility index (Phi) is 9.84. The fourth-order valence-corrected chi connectivity index (χ4v) is 6.22. The number of amides is 2. The van der Waals surface area contributed by atoms with Gasteiger partial charge in [-0.2, -0.15) is 13.2 Å². The van der Waals surface area contributed by atoms with Crippen molar-refractivity contribution < 1.29 is 32.6 Å². The number of benzene rings is 1. The van der Waals surface area contributed by atoms with Crippen LogP contribution in [0.15, 0.2) is 30.3 Å². The molecule has 2 fully saturated rings. The first-order valence-electron chi connectivity index (χ1n) is 13.8. The third-order valence-electron chi connectivity index (χ3n) is 8.22. The van der Waals surface area contributed by atoms with Crippen LogP contribution >= 0.6 is 23.2 Å². The number of ether oxygens (including phenoxy) is 1. The molecule has 1 aromatic carbocycles. The number of rotatable bonds is 7. The molecule has 42 heavy (non-hydrogen) atoms. The second-order valence-corrected chi connectivity index (χ2v) is 12.0. The summed E-state index contributed by atoms with van der Waals surface area (Å²) in [5, 5.41) is 10.9. The van der Waals surface area contributed by atoms with E-state index in [2.05, 4.69) is 9.88 Å². The summed E-state index contributed by atoms with van der Waals surface area (Å²) in [4.78, 5) is 34.5. The summed E-state index contributed by atoms with van der Waals surface area (Å²) in [6.07, 6.45) is -1.40. The van der Waals surface area contributed by atoms with Crippen molar-refractivity contribution in [3.8, 4) is 5.75 Å². The summed E-state index contributed by atoms with van der Waals surface area (Å²) in [7, 11) is 4.57. The summed E-state index contributed by atoms with van der Waals surface area (Å²) in [6.45, 7) is 1.79. The molecule has 0 spiro atoms. The van der Waals surface area contributed by atoms with Gasteiger partial charge in [-0.1, -0.05) is 23.2 Å². The molecule has 1 atom stereocenters. The van der Waals surface area contributed by atoms with E-state index in [4.69, 9.17) is 27.9 Å². The molecule has 230 valence electrons. The maximum absolute atomic E-state index is 14.2. The molecule has 2 saturated heterocycles. The number of methoxy groups -OCH3 is 1. The predicted octanol–water partition coefficient (Wildman–Crippen LogP) is 5.39. The van der Waals surface area contributed by atoms with Gasteiger partial charge in [-0.05, 0) is 74.3 Å². The maximum atomic E-state index is 14.2. The molecular weight excluding hydrogens is 596 g/mol. The molecule has 2 aliphatic rings. The molecule has 0 radical (unpaired) electrons. The Bertz CT molecular complexity index is 1300. The van der Waals surface area contributed by atoms with E-state index in [-0.39, 0.29) is 40.8 Å². The van der Waals surface area contributed by atoms with Crippen LogP contribution in [0.4, 0.5) is 19.0 Å². The zero-order chi connectivity index (χ0) is 30.8. The average molecular weight is 632 g/mol. The van der Waals surface area contributed by atoms with Gasteiger partial charge in [0, 0.05) is 50.9 Å². The molecule has 1 aromatic heterocycles. The number of nitrogens with zero attached hydrogens (tertiary/aromatic N) is 4. The highest BCUT2D eigenvalue weighted by atomic mass is 35.5. The minimum Gasteiger partial charge on any atom is -0.497 e. The lowest BCUT2D eigenvalue weighted by Gasteiger charge is -2.40. The van der Waals surface area contributed by atoms with Gasteiger partial charge >= 0.3 is 6.18 Å². The maximum Gasteiger partial charge on any atom is 0.430 e. The van der Waals surface area contributed by atoms with E-state index in [1.807, 2.05) is 0 Å². The molecule has 1 N–H and O–H groups in total. The van der Waals surface area contributed by atoms with Crippen LogP contribution in [0.3, 0.4) is 0 Å². The van der Waals surface area contributed by atoms with E-state index in [0.29, 0.717) is 24.3 Å². The Morgan fingerprint density at radius 3 is 2.14 bits per heavy atom. The number of aliphatic hydroxyl groups is 1. The van der Waals surface area contributed by atoms with Crippen molar-refractivity contribution in [2.75, 3.05) is 52.3 Å². The van der Waals surface area contributed by atoms with Crippen molar-refractivity contribution in [3.63, 3.8) is 0 Å². The summed E-state index contributed by atoms with van der Waals surface area (Å²) < 4.78 is 47.6. The van der Waals surface area contributed by atoms with E-state index in [1.54, 1.807) is 26.2 Å². The Morgan fingerprint density at radius 1 is 1.02 bits per heavy atom. The summed E-state index contributed by atoms with van der Waals surface area (Å²) in [6, 6.07) is 6.72. The van der Waals surface area contributed by atoms with Crippen molar-refractivity contribution >= 4 is 40.8 Å². The lowest BCUT2D eigenvalue weighted by Crippen LogP contribution is -2.57. The fourth-order valence-electron chi connectivity index (χ4n) is 5.77. The van der Waals surface area contributed by atoms with E-state index in [0.717, 1.165) is 55.2 Å². The Balaban J connectivity index is 1.33. The fraction of sp³-hybridized carbons (Fsp3) is 0.552. The Hall–Kier alpha value is -2.76. The monoisotopic (exact) mass is 630 g/mol. The Labute approximate surface area is 253 Å². The van der Waals surface area contributed by atoms with Gasteiger partial charge in [0.15, 0.2) is 0 Å². The molecular formula is C29H35Cl2F3N4O4. The van der Waals surface area contributed by atoms with Crippen molar-refractivity contribution in [3.05, 3.63) is 51.6 Å². The number of carbonyl (C=O) groups excluding carboxylic acids is 2. The smallest absolute Gasteiger partial charge is 0.430 e. The molecule has 13 heteroatoms. The minimum absolute atomic E-state index is 0.00746. The molecule has 2 aliphatic heterocycles. The predicted molar refractivity (Wildman–Crippen MR) is 154 cm³/mol. The standard InChI is InChI=1S/C29H35Cl2F3N4O4/c1-36(2)26(39)23-4-5-24(35-25(23)31)37-10-6-18(7-11-37)14-19-8-12-38(13-9-19)27(40)28(41,29(32,33)34)20-15-21(30)17-22(16-20)42-3/h4-5,15-19,41H,6-14H2,1-3H3. The van der Waals surface area contributed by atoms with Gasteiger partial charge in [-0.3, -0.25) is 9.59 Å². The number of carbonyl (C=O) groups is 2. The third kappa shape index (κ3) is 6.73. The second kappa shape index (κ2) is 12.9. The van der Waals surface area contributed by atoms with Crippen LogP contribution in [0.1, 0.15) is 48.0 Å². The largest absolute Gasteiger partial charge is 0.497 e. The third-order valence-corrected chi connectivity index (χ3v) is 8.73. The molecule has 2 aromatic rings. The van der Waals surface area contributed by atoms with Gasteiger partial charge in [0.2, 0.25) is 0 Å². The number of likely N-dealkylation sites (tertiary alicyclic amines) is 1. The van der Waals surface area contributed by atoms with Crippen LogP contribution in [0, 0.1) is 11.8 Å². The normalized spacial score (nSPS) is 18.5.